The van der Waals surface area contributed by atoms with Gasteiger partial charge in [-0.1, -0.05) is 12.8 Å². The van der Waals surface area contributed by atoms with E-state index in [1.54, 1.807) is 6.20 Å². The maximum atomic E-state index is 5.33. The van der Waals surface area contributed by atoms with Crippen molar-refractivity contribution in [3.05, 3.63) is 6.20 Å². The highest BCUT2D eigenvalue weighted by Crippen LogP contribution is 2.32. The number of hydrogen-bond acceptors (Lipinski definition) is 6. The first-order valence-corrected chi connectivity index (χ1v) is 5.78. The molecule has 7 nitrogen and oxygen atoms in total. The van der Waals surface area contributed by atoms with Crippen molar-refractivity contribution in [2.75, 3.05) is 17.3 Å². The topological polar surface area (TPSA) is 105 Å². The third-order valence-corrected chi connectivity index (χ3v) is 2.98. The molecule has 2 aromatic heterocycles. The van der Waals surface area contributed by atoms with E-state index in [1.807, 2.05) is 0 Å². The molecule has 3 rings (SSSR count). The largest absolute Gasteiger partial charge is 0.369 e. The minimum atomic E-state index is 0.385. The molecule has 0 aromatic carbocycles. The summed E-state index contributed by atoms with van der Waals surface area (Å²) in [5.41, 5.74) is 3.13. The number of anilines is 2. The molecule has 5 N–H and O–H groups in total. The average Bonchev–Trinajstić information content (AvgIpc) is 3.04. The van der Waals surface area contributed by atoms with Crippen molar-refractivity contribution in [3.8, 4) is 0 Å². The van der Waals surface area contributed by atoms with Gasteiger partial charge in [0, 0.05) is 6.54 Å². The molecular weight excluding hydrogens is 218 g/mol. The Balaban J connectivity index is 1.81. The molecule has 2 aromatic rings. The Hall–Kier alpha value is -1.89. The second-order valence-corrected chi connectivity index (χ2v) is 4.33. The van der Waals surface area contributed by atoms with Crippen LogP contribution in [0.2, 0.25) is 0 Å². The van der Waals surface area contributed by atoms with E-state index in [-0.39, 0.29) is 0 Å². The summed E-state index contributed by atoms with van der Waals surface area (Å²) in [6.45, 7) is 0.923. The molecule has 90 valence electrons. The Labute approximate surface area is 98.2 Å². The fourth-order valence-corrected chi connectivity index (χ4v) is 1.84. The van der Waals surface area contributed by atoms with Crippen LogP contribution in [0.4, 0.5) is 11.8 Å². The second-order valence-electron chi connectivity index (χ2n) is 4.33. The molecule has 1 fully saturated rings. The van der Waals surface area contributed by atoms with Crippen molar-refractivity contribution < 1.29 is 0 Å². The molecule has 1 aliphatic rings. The Bertz CT molecular complexity index is 516. The Morgan fingerprint density at radius 3 is 3.06 bits per heavy atom. The number of hydrazine groups is 1. The average molecular weight is 233 g/mol. The quantitative estimate of drug-likeness (QED) is 0.451. The summed E-state index contributed by atoms with van der Waals surface area (Å²) in [4.78, 5) is 8.46. The number of nitrogen functional groups attached to an aromatic ring is 1. The first-order valence-electron chi connectivity index (χ1n) is 5.78. The maximum Gasteiger partial charge on any atom is 0.241 e. The van der Waals surface area contributed by atoms with Gasteiger partial charge in [0.25, 0.3) is 0 Å². The number of nitrogens with one attached hydrogen (secondary N) is 3. The molecule has 0 aliphatic heterocycles. The highest BCUT2D eigenvalue weighted by molar-refractivity contribution is 5.86. The lowest BCUT2D eigenvalue weighted by atomic mass is 10.3. The number of fused-ring (bicyclic) bond motifs is 1. The van der Waals surface area contributed by atoms with E-state index in [2.05, 4.69) is 30.9 Å². The SMILES string of the molecule is NNc1nc(NCCC2CC2)c2cn[nH]c2n1. The van der Waals surface area contributed by atoms with Gasteiger partial charge in [0.15, 0.2) is 5.65 Å². The molecule has 0 radical (unpaired) electrons. The van der Waals surface area contributed by atoms with Gasteiger partial charge in [-0.2, -0.15) is 15.1 Å². The number of aromatic amines is 1. The Kier molecular flexibility index (Phi) is 2.52. The normalized spacial score (nSPS) is 15.1. The van der Waals surface area contributed by atoms with Crippen LogP contribution < -0.4 is 16.6 Å². The molecule has 0 saturated heterocycles. The van der Waals surface area contributed by atoms with Crippen molar-refractivity contribution in [2.45, 2.75) is 19.3 Å². The van der Waals surface area contributed by atoms with Crippen LogP contribution in [0.5, 0.6) is 0 Å². The zero-order valence-electron chi connectivity index (χ0n) is 9.40. The molecule has 0 amide bonds. The molecule has 2 heterocycles. The summed E-state index contributed by atoms with van der Waals surface area (Å²) in [6.07, 6.45) is 5.63. The van der Waals surface area contributed by atoms with E-state index in [9.17, 15) is 0 Å². The summed E-state index contributed by atoms with van der Waals surface area (Å²) in [7, 11) is 0. The van der Waals surface area contributed by atoms with Crippen LogP contribution in [0, 0.1) is 5.92 Å². The van der Waals surface area contributed by atoms with Crippen molar-refractivity contribution in [1.29, 1.82) is 0 Å². The number of nitrogens with two attached hydrogens (primary N) is 1. The lowest BCUT2D eigenvalue weighted by Gasteiger charge is -2.07. The molecule has 0 spiro atoms. The van der Waals surface area contributed by atoms with Crippen molar-refractivity contribution in [3.63, 3.8) is 0 Å². The Morgan fingerprint density at radius 1 is 1.41 bits per heavy atom. The fourth-order valence-electron chi connectivity index (χ4n) is 1.84. The predicted molar refractivity (Wildman–Crippen MR) is 65.3 cm³/mol. The van der Waals surface area contributed by atoms with E-state index in [0.29, 0.717) is 11.6 Å². The first kappa shape index (κ1) is 10.3. The van der Waals surface area contributed by atoms with Gasteiger partial charge in [0.2, 0.25) is 5.95 Å². The summed E-state index contributed by atoms with van der Waals surface area (Å²) in [5.74, 6) is 7.39. The van der Waals surface area contributed by atoms with Crippen molar-refractivity contribution in [2.24, 2.45) is 11.8 Å². The number of hydrogen-bond donors (Lipinski definition) is 4. The van der Waals surface area contributed by atoms with Gasteiger partial charge in [0.05, 0.1) is 11.6 Å². The van der Waals surface area contributed by atoms with Gasteiger partial charge in [0.1, 0.15) is 5.82 Å². The van der Waals surface area contributed by atoms with E-state index in [4.69, 9.17) is 5.84 Å². The number of H-pyrrole nitrogens is 1. The van der Waals surface area contributed by atoms with Gasteiger partial charge in [-0.05, 0) is 12.3 Å². The monoisotopic (exact) mass is 233 g/mol. The lowest BCUT2D eigenvalue weighted by molar-refractivity contribution is 0.759. The minimum Gasteiger partial charge on any atom is -0.369 e. The zero-order valence-corrected chi connectivity index (χ0v) is 9.40. The Morgan fingerprint density at radius 2 is 2.29 bits per heavy atom. The number of aromatic nitrogens is 4. The van der Waals surface area contributed by atoms with E-state index >= 15 is 0 Å². The number of nitrogens with zero attached hydrogens (tertiary/aromatic N) is 3. The van der Waals surface area contributed by atoms with Gasteiger partial charge in [-0.3, -0.25) is 10.5 Å². The second kappa shape index (κ2) is 4.17. The number of rotatable bonds is 5. The van der Waals surface area contributed by atoms with Crippen LogP contribution in [0.1, 0.15) is 19.3 Å². The van der Waals surface area contributed by atoms with Gasteiger partial charge in [-0.15, -0.1) is 0 Å². The lowest BCUT2D eigenvalue weighted by Crippen LogP contribution is -2.12. The molecule has 7 heteroatoms. The molecule has 1 saturated carbocycles. The molecule has 17 heavy (non-hydrogen) atoms. The third kappa shape index (κ3) is 2.14. The van der Waals surface area contributed by atoms with E-state index in [1.165, 1.54) is 19.3 Å². The van der Waals surface area contributed by atoms with Crippen LogP contribution in [-0.2, 0) is 0 Å². The van der Waals surface area contributed by atoms with Crippen LogP contribution in [-0.4, -0.2) is 26.7 Å². The third-order valence-electron chi connectivity index (χ3n) is 2.98. The van der Waals surface area contributed by atoms with Gasteiger partial charge < -0.3 is 5.32 Å². The molecule has 0 bridgehead atoms. The van der Waals surface area contributed by atoms with Crippen LogP contribution in [0.3, 0.4) is 0 Å². The summed E-state index contributed by atoms with van der Waals surface area (Å²) in [6, 6.07) is 0. The highest BCUT2D eigenvalue weighted by Gasteiger charge is 2.20. The molecule has 0 atom stereocenters. The van der Waals surface area contributed by atoms with Crippen LogP contribution in [0.25, 0.3) is 11.0 Å². The van der Waals surface area contributed by atoms with Gasteiger partial charge in [-0.25, -0.2) is 5.84 Å². The van der Waals surface area contributed by atoms with Crippen LogP contribution in [0.15, 0.2) is 6.20 Å². The van der Waals surface area contributed by atoms with Crippen molar-refractivity contribution in [1.82, 2.24) is 20.2 Å². The smallest absolute Gasteiger partial charge is 0.241 e. The first-order chi connectivity index (χ1) is 8.36. The summed E-state index contributed by atoms with van der Waals surface area (Å²) < 4.78 is 0. The molecule has 0 unspecified atom stereocenters. The summed E-state index contributed by atoms with van der Waals surface area (Å²) in [5, 5.41) is 11.0. The standard InChI is InChI=1S/C10H15N7/c11-16-10-14-8(12-4-3-6-1-2-6)7-5-13-17-9(7)15-10/h5-6H,1-4,11H2,(H3,12,13,14,15,16,17). The van der Waals surface area contributed by atoms with Crippen molar-refractivity contribution >= 4 is 22.8 Å². The molecular formula is C10H15N7. The summed E-state index contributed by atoms with van der Waals surface area (Å²) >= 11 is 0. The maximum absolute atomic E-state index is 5.33. The van der Waals surface area contributed by atoms with Crippen LogP contribution >= 0.6 is 0 Å². The minimum absolute atomic E-state index is 0.385. The zero-order chi connectivity index (χ0) is 11.7. The fraction of sp³-hybridized carbons (Fsp3) is 0.500. The predicted octanol–water partition coefficient (Wildman–Crippen LogP) is 0.850. The highest BCUT2D eigenvalue weighted by atomic mass is 15.3. The van der Waals surface area contributed by atoms with E-state index < -0.39 is 0 Å². The van der Waals surface area contributed by atoms with Gasteiger partial charge >= 0.3 is 0 Å². The van der Waals surface area contributed by atoms with E-state index in [0.717, 1.165) is 23.7 Å². The molecule has 1 aliphatic carbocycles.